The molecule has 0 saturated carbocycles. The largest absolute Gasteiger partial charge is 0.394 e. The molecule has 0 aromatic carbocycles. The van der Waals surface area contributed by atoms with Crippen LogP contribution in [0.2, 0.25) is 0 Å². The molecule has 33 nitrogen and oxygen atoms in total. The van der Waals surface area contributed by atoms with Gasteiger partial charge in [-0.25, -0.2) is 9.13 Å². The van der Waals surface area contributed by atoms with E-state index in [1.165, 1.54) is 0 Å². The van der Waals surface area contributed by atoms with E-state index in [9.17, 15) is 101 Å². The molecule has 6 aliphatic rings. The molecule has 0 bridgehead atoms. The van der Waals surface area contributed by atoms with Gasteiger partial charge in [0.2, 0.25) is 0 Å². The summed E-state index contributed by atoms with van der Waals surface area (Å²) in [5.74, 6) is 0. The molecule has 18 N–H and O–H groups in total. The van der Waals surface area contributed by atoms with Gasteiger partial charge in [-0.05, 0) is 0 Å². The minimum absolute atomic E-state index is 0.590. The van der Waals surface area contributed by atoms with Crippen LogP contribution < -0.4 is 0 Å². The van der Waals surface area contributed by atoms with E-state index in [-0.39, 0.29) is 0 Å². The lowest BCUT2D eigenvalue weighted by Gasteiger charge is -2.48. The number of rotatable bonds is 20. The van der Waals surface area contributed by atoms with Crippen LogP contribution in [0.25, 0.3) is 0 Å². The second kappa shape index (κ2) is 26.3. The van der Waals surface area contributed by atoms with Crippen LogP contribution in [0.3, 0.4) is 0 Å². The maximum Gasteiger partial charge on any atom is 0.327 e. The average molecular weight is 1080 g/mol. The van der Waals surface area contributed by atoms with Crippen LogP contribution >= 0.6 is 17.4 Å². The van der Waals surface area contributed by atoms with Crippen molar-refractivity contribution in [3.63, 3.8) is 0 Å². The number of hydrogen-bond acceptors (Lipinski definition) is 33. The molecule has 6 rings (SSSR count). The van der Waals surface area contributed by atoms with E-state index in [1.807, 2.05) is 0 Å². The molecule has 6 aliphatic heterocycles. The number of hydrogen-bond donors (Lipinski definition) is 18. The predicted molar refractivity (Wildman–Crippen MR) is 212 cm³/mol. The summed E-state index contributed by atoms with van der Waals surface area (Å²) in [6, 6.07) is 0. The third-order valence-corrected chi connectivity index (χ3v) is 13.1. The Morgan fingerprint density at radius 1 is 0.310 bits per heavy atom. The van der Waals surface area contributed by atoms with Crippen molar-refractivity contribution in [3.8, 4) is 0 Å². The molecule has 0 radical (unpaired) electrons. The molecule has 412 valence electrons. The topological polar surface area (TPSA) is 518 Å². The minimum Gasteiger partial charge on any atom is -0.394 e. The third kappa shape index (κ3) is 13.2. The fourth-order valence-corrected chi connectivity index (χ4v) is 8.85. The lowest BCUT2D eigenvalue weighted by molar-refractivity contribution is -0.389. The maximum absolute atomic E-state index is 11.4. The molecule has 0 spiro atoms. The van der Waals surface area contributed by atoms with E-state index in [4.69, 9.17) is 52.1 Å². The van der Waals surface area contributed by atoms with Crippen LogP contribution in [0.4, 0.5) is 0 Å². The average Bonchev–Trinajstić information content (AvgIpc) is 3.35. The third-order valence-electron chi connectivity index (χ3n) is 12.6. The molecule has 0 aromatic rings. The maximum atomic E-state index is 11.4. The van der Waals surface area contributed by atoms with Gasteiger partial charge in [0.05, 0.1) is 39.6 Å². The van der Waals surface area contributed by atoms with Gasteiger partial charge in [-0.3, -0.25) is 9.05 Å². The van der Waals surface area contributed by atoms with Crippen molar-refractivity contribution in [2.75, 3.05) is 39.6 Å². The molecule has 6 fully saturated rings. The minimum atomic E-state index is -2.22. The zero-order valence-electron chi connectivity index (χ0n) is 36.6. The Kier molecular flexibility index (Phi) is 22.0. The summed E-state index contributed by atoms with van der Waals surface area (Å²) in [7, 11) is -1.68. The Morgan fingerprint density at radius 3 is 1.10 bits per heavy atom. The quantitative estimate of drug-likeness (QED) is 0.0503. The first kappa shape index (κ1) is 59.2. The van der Waals surface area contributed by atoms with Gasteiger partial charge < -0.3 is 144 Å². The van der Waals surface area contributed by atoms with Gasteiger partial charge >= 0.3 is 17.4 Å². The molecule has 0 amide bonds. The van der Waals surface area contributed by atoms with Crippen molar-refractivity contribution in [1.29, 1.82) is 0 Å². The monoisotopic (exact) mass is 1080 g/mol. The lowest BCUT2D eigenvalue weighted by atomic mass is 9.96. The summed E-state index contributed by atoms with van der Waals surface area (Å²) in [4.78, 5) is 0. The highest BCUT2D eigenvalue weighted by Gasteiger charge is 2.56. The van der Waals surface area contributed by atoms with Crippen LogP contribution in [-0.2, 0) is 70.3 Å². The first-order valence-electron chi connectivity index (χ1n) is 21.8. The van der Waals surface area contributed by atoms with E-state index in [0.29, 0.717) is 0 Å². The fourth-order valence-electron chi connectivity index (χ4n) is 8.44. The summed E-state index contributed by atoms with van der Waals surface area (Å²) in [6.07, 6.45) is -57.5. The summed E-state index contributed by atoms with van der Waals surface area (Å²) in [6.45, 7) is -4.84. The van der Waals surface area contributed by atoms with E-state index >= 15 is 0 Å². The summed E-state index contributed by atoms with van der Waals surface area (Å²) < 4.78 is 92.3. The van der Waals surface area contributed by atoms with Gasteiger partial charge in [0, 0.05) is 0 Å². The molecular formula is C36H60O33P2. The first-order chi connectivity index (χ1) is 33.7. The zero-order chi connectivity index (χ0) is 52.2. The Bertz CT molecular complexity index is 1650. The van der Waals surface area contributed by atoms with Crippen molar-refractivity contribution in [1.82, 2.24) is 0 Å². The van der Waals surface area contributed by atoms with Gasteiger partial charge in [0.1, 0.15) is 146 Å². The highest BCUT2D eigenvalue weighted by molar-refractivity contribution is 7.17. The molecule has 35 heteroatoms. The Morgan fingerprint density at radius 2 is 0.648 bits per heavy atom. The Labute approximate surface area is 403 Å². The van der Waals surface area contributed by atoms with Crippen LogP contribution in [0, 0.1) is 0 Å². The standard InChI is InChI=1S/C36H60O33P2/c37-1-7-13(39)22(48)29(68-33-25(51)20(46)16(42)11(65-33)5-59-70-55)35(62-7)58-3-9-15(41)19(45)24(50)32(64-9)57-4-10-18(44)28(27(53)31(54)61-10)67-36-30(23(49)14(40)8(2-38)63-36)69-34-26(52)21(47)17(43)12(66-34)6-60-71-56/h7-54H,1-6H2/t7?,8?,9?,10?,11?,12?,13-,14-,15-,16-,17-,18-,19?,20?,21?,22+,23?,24-,25-,26-,27-,28?,29?,30-,31-,32-,33-,34-,35-,36-/m1/s1. The highest BCUT2D eigenvalue weighted by Crippen LogP contribution is 2.35. The second-order valence-electron chi connectivity index (χ2n) is 17.2. The molecule has 30 atom stereocenters. The predicted octanol–water partition coefficient (Wildman–Crippen LogP) is -11.6. The highest BCUT2D eigenvalue weighted by atomic mass is 31.1. The number of aliphatic hydroxyl groups excluding tert-OH is 18. The van der Waals surface area contributed by atoms with Crippen molar-refractivity contribution < 1.29 is 162 Å². The van der Waals surface area contributed by atoms with Gasteiger partial charge in [0.15, 0.2) is 37.7 Å². The molecule has 6 heterocycles. The molecule has 6 saturated heterocycles. The summed E-state index contributed by atoms with van der Waals surface area (Å²) in [5.41, 5.74) is 0. The SMILES string of the molecule is O=POCC1O[C@H](OC2[C@H](OCC3O[C@@H](OCC4O[C@@H](O)[C@H](O)C(O[C@H]5OC(CO)[C@@H](O)C(O)[C@H]5O[C@H]5OC(COP=O)[C@@H](O)C(O)[C@H]5O)[C@@H]4O)[C@H](O)C(O)[C@@H]3O)OC(CO)[C@@H](O)[C@@H]2O)[C@H](O)C(O)[C@@H]1O. The fraction of sp³-hybridized carbons (Fsp3) is 1.00. The van der Waals surface area contributed by atoms with E-state index < -0.39 is 241 Å². The molecule has 71 heavy (non-hydrogen) atoms. The number of ether oxygens (including phenoxy) is 11. The Balaban J connectivity index is 1.12. The smallest absolute Gasteiger partial charge is 0.327 e. The normalized spacial score (nSPS) is 51.1. The van der Waals surface area contributed by atoms with E-state index in [0.717, 1.165) is 0 Å². The van der Waals surface area contributed by atoms with Crippen LogP contribution in [0.15, 0.2) is 0 Å². The van der Waals surface area contributed by atoms with Crippen LogP contribution in [0.5, 0.6) is 0 Å². The van der Waals surface area contributed by atoms with Crippen molar-refractivity contribution in [2.45, 2.75) is 184 Å². The number of aliphatic hydroxyl groups is 18. The molecule has 0 aromatic heterocycles. The van der Waals surface area contributed by atoms with Gasteiger partial charge in [-0.1, -0.05) is 0 Å². The molecule has 12 unspecified atom stereocenters. The van der Waals surface area contributed by atoms with E-state index in [1.54, 1.807) is 0 Å². The van der Waals surface area contributed by atoms with Gasteiger partial charge in [0.25, 0.3) is 0 Å². The van der Waals surface area contributed by atoms with Crippen LogP contribution in [-0.4, -0.2) is 316 Å². The summed E-state index contributed by atoms with van der Waals surface area (Å²) in [5, 5.41) is 191. The van der Waals surface area contributed by atoms with Crippen molar-refractivity contribution in [2.24, 2.45) is 0 Å². The second-order valence-corrected chi connectivity index (χ2v) is 18.0. The van der Waals surface area contributed by atoms with Gasteiger partial charge in [-0.15, -0.1) is 0 Å². The van der Waals surface area contributed by atoms with Crippen molar-refractivity contribution >= 4 is 17.4 Å². The van der Waals surface area contributed by atoms with Crippen LogP contribution in [0.1, 0.15) is 0 Å². The zero-order valence-corrected chi connectivity index (χ0v) is 38.4. The Hall–Kier alpha value is -1.04. The lowest BCUT2D eigenvalue weighted by Crippen LogP contribution is -2.67. The molecular weight excluding hydrogens is 1020 g/mol. The first-order valence-corrected chi connectivity index (χ1v) is 23.3. The summed E-state index contributed by atoms with van der Waals surface area (Å²) >= 11 is 0. The van der Waals surface area contributed by atoms with Gasteiger partial charge in [-0.2, -0.15) is 0 Å². The van der Waals surface area contributed by atoms with E-state index in [2.05, 4.69) is 9.05 Å². The van der Waals surface area contributed by atoms with Crippen molar-refractivity contribution in [3.05, 3.63) is 0 Å². The molecule has 0 aliphatic carbocycles.